The van der Waals surface area contributed by atoms with Gasteiger partial charge >= 0.3 is 0 Å². The maximum absolute atomic E-state index is 11.7. The summed E-state index contributed by atoms with van der Waals surface area (Å²) in [4.78, 5) is 27.4. The van der Waals surface area contributed by atoms with Crippen molar-refractivity contribution >= 4 is 17.6 Å². The predicted molar refractivity (Wildman–Crippen MR) is 83.5 cm³/mol. The minimum atomic E-state index is -0.151. The van der Waals surface area contributed by atoms with Gasteiger partial charge in [0.05, 0.1) is 0 Å². The topological polar surface area (TPSA) is 97.5 Å². The van der Waals surface area contributed by atoms with Gasteiger partial charge in [0.25, 0.3) is 5.56 Å². The molecule has 0 amide bonds. The minimum absolute atomic E-state index is 0.151. The first kappa shape index (κ1) is 15.5. The minimum Gasteiger partial charge on any atom is -0.384 e. The van der Waals surface area contributed by atoms with Crippen LogP contribution in [0.2, 0.25) is 0 Å². The number of aromatic nitrogens is 4. The van der Waals surface area contributed by atoms with Crippen molar-refractivity contribution in [3.63, 3.8) is 0 Å². The van der Waals surface area contributed by atoms with Gasteiger partial charge in [-0.25, -0.2) is 15.0 Å². The van der Waals surface area contributed by atoms with E-state index in [1.54, 1.807) is 6.07 Å². The number of nitrogens with two attached hydrogens (primary N) is 1. The van der Waals surface area contributed by atoms with Crippen LogP contribution in [-0.2, 0) is 6.42 Å². The highest BCUT2D eigenvalue weighted by Crippen LogP contribution is 2.25. The van der Waals surface area contributed by atoms with Gasteiger partial charge in [-0.2, -0.15) is 0 Å². The average molecular weight is 305 g/mol. The summed E-state index contributed by atoms with van der Waals surface area (Å²) in [5, 5.41) is 1.21. The Morgan fingerprint density at radius 3 is 2.71 bits per heavy atom. The van der Waals surface area contributed by atoms with Crippen molar-refractivity contribution in [2.24, 2.45) is 0 Å². The van der Waals surface area contributed by atoms with E-state index in [1.165, 1.54) is 17.8 Å². The molecule has 2 aromatic rings. The lowest BCUT2D eigenvalue weighted by Crippen LogP contribution is -2.10. The molecule has 0 saturated carbocycles. The Labute approximate surface area is 127 Å². The summed E-state index contributed by atoms with van der Waals surface area (Å²) in [6, 6.07) is 3.21. The molecule has 0 aromatic carbocycles. The van der Waals surface area contributed by atoms with Crippen LogP contribution in [0.4, 0.5) is 5.82 Å². The van der Waals surface area contributed by atoms with Crippen molar-refractivity contribution in [2.45, 2.75) is 49.7 Å². The molecule has 0 fully saturated rings. The summed E-state index contributed by atoms with van der Waals surface area (Å²) in [7, 11) is 0. The zero-order valence-corrected chi connectivity index (χ0v) is 13.2. The fourth-order valence-electron chi connectivity index (χ4n) is 1.79. The number of H-pyrrole nitrogens is 1. The number of anilines is 1. The third kappa shape index (κ3) is 4.29. The first-order valence-corrected chi connectivity index (χ1v) is 7.72. The molecule has 112 valence electrons. The lowest BCUT2D eigenvalue weighted by Gasteiger charge is -2.07. The molecule has 3 N–H and O–H groups in total. The molecule has 2 heterocycles. The summed E-state index contributed by atoms with van der Waals surface area (Å²) in [5.74, 6) is 1.29. The van der Waals surface area contributed by atoms with Crippen molar-refractivity contribution in [3.8, 4) is 0 Å². The lowest BCUT2D eigenvalue weighted by atomic mass is 10.2. The van der Waals surface area contributed by atoms with Crippen LogP contribution in [0.3, 0.4) is 0 Å². The van der Waals surface area contributed by atoms with E-state index in [0.29, 0.717) is 21.8 Å². The van der Waals surface area contributed by atoms with Crippen molar-refractivity contribution in [3.05, 3.63) is 34.0 Å². The molecule has 0 aliphatic rings. The third-order valence-corrected chi connectivity index (χ3v) is 3.54. The number of aryl methyl sites for hydroxylation is 1. The van der Waals surface area contributed by atoms with E-state index >= 15 is 0 Å². The molecule has 0 aliphatic carbocycles. The summed E-state index contributed by atoms with van der Waals surface area (Å²) in [6.45, 7) is 6.06. The van der Waals surface area contributed by atoms with Gasteiger partial charge in [0.2, 0.25) is 0 Å². The van der Waals surface area contributed by atoms with Crippen molar-refractivity contribution in [2.75, 3.05) is 5.73 Å². The second-order valence-electron chi connectivity index (χ2n) is 5.04. The van der Waals surface area contributed by atoms with Crippen LogP contribution in [0.5, 0.6) is 0 Å². The van der Waals surface area contributed by atoms with E-state index in [9.17, 15) is 4.79 Å². The van der Waals surface area contributed by atoms with Crippen LogP contribution < -0.4 is 11.3 Å². The Hall–Kier alpha value is -1.89. The number of aromatic amines is 1. The second-order valence-corrected chi connectivity index (χ2v) is 6.05. The quantitative estimate of drug-likeness (QED) is 0.650. The maximum Gasteiger partial charge on any atom is 0.251 e. The zero-order chi connectivity index (χ0) is 15.4. The molecule has 0 saturated heterocycles. The number of hydrogen-bond donors (Lipinski definition) is 2. The fraction of sp³-hybridized carbons (Fsp3) is 0.429. The summed E-state index contributed by atoms with van der Waals surface area (Å²) < 4.78 is 0. The van der Waals surface area contributed by atoms with Crippen LogP contribution in [0.15, 0.2) is 27.1 Å². The van der Waals surface area contributed by atoms with Crippen LogP contribution in [0.1, 0.15) is 44.6 Å². The highest BCUT2D eigenvalue weighted by molar-refractivity contribution is 7.99. The van der Waals surface area contributed by atoms with Gasteiger partial charge < -0.3 is 10.7 Å². The molecule has 0 radical (unpaired) electrons. The Kier molecular flexibility index (Phi) is 4.95. The number of hydrogen-bond acceptors (Lipinski definition) is 6. The Morgan fingerprint density at radius 2 is 2.05 bits per heavy atom. The SMILES string of the molecule is CCCc1cc(=O)[nH]c(Sc2cc(N)nc(C(C)C)n2)n1. The van der Waals surface area contributed by atoms with E-state index in [4.69, 9.17) is 5.73 Å². The van der Waals surface area contributed by atoms with Gasteiger partial charge in [-0.05, 0) is 18.2 Å². The Balaban J connectivity index is 2.31. The van der Waals surface area contributed by atoms with Crippen molar-refractivity contribution in [1.82, 2.24) is 19.9 Å². The smallest absolute Gasteiger partial charge is 0.251 e. The molecule has 0 bridgehead atoms. The molecule has 2 aromatic heterocycles. The van der Waals surface area contributed by atoms with E-state index in [1.807, 2.05) is 13.8 Å². The highest BCUT2D eigenvalue weighted by Gasteiger charge is 2.10. The summed E-state index contributed by atoms with van der Waals surface area (Å²) in [5.41, 5.74) is 6.44. The standard InChI is InChI=1S/C14H19N5OS/c1-4-5-9-6-11(20)18-14(16-9)21-12-7-10(15)17-13(19-12)8(2)3/h6-8H,4-5H2,1-3H3,(H2,15,17,19)(H,16,18,20). The van der Waals surface area contributed by atoms with Gasteiger partial charge in [0.1, 0.15) is 16.7 Å². The number of nitrogens with one attached hydrogen (secondary N) is 1. The molecule has 21 heavy (non-hydrogen) atoms. The fourth-order valence-corrected chi connectivity index (χ4v) is 2.62. The van der Waals surface area contributed by atoms with Crippen LogP contribution in [0, 0.1) is 0 Å². The monoisotopic (exact) mass is 305 g/mol. The molecule has 0 atom stereocenters. The number of nitrogens with zero attached hydrogens (tertiary/aromatic N) is 3. The molecular formula is C14H19N5OS. The van der Waals surface area contributed by atoms with E-state index in [-0.39, 0.29) is 11.5 Å². The summed E-state index contributed by atoms with van der Waals surface area (Å²) in [6.07, 6.45) is 1.72. The van der Waals surface area contributed by atoms with Gasteiger partial charge in [0, 0.05) is 23.7 Å². The van der Waals surface area contributed by atoms with Crippen molar-refractivity contribution in [1.29, 1.82) is 0 Å². The molecule has 0 spiro atoms. The summed E-state index contributed by atoms with van der Waals surface area (Å²) >= 11 is 1.29. The van der Waals surface area contributed by atoms with E-state index in [0.717, 1.165) is 18.5 Å². The molecule has 7 heteroatoms. The van der Waals surface area contributed by atoms with Gasteiger partial charge in [-0.3, -0.25) is 4.79 Å². The van der Waals surface area contributed by atoms with E-state index in [2.05, 4.69) is 26.9 Å². The largest absolute Gasteiger partial charge is 0.384 e. The lowest BCUT2D eigenvalue weighted by molar-refractivity contribution is 0.755. The number of nitrogen functional groups attached to an aromatic ring is 1. The second kappa shape index (κ2) is 6.71. The van der Waals surface area contributed by atoms with Crippen molar-refractivity contribution < 1.29 is 0 Å². The van der Waals surface area contributed by atoms with Crippen LogP contribution in [0.25, 0.3) is 0 Å². The highest BCUT2D eigenvalue weighted by atomic mass is 32.2. The van der Waals surface area contributed by atoms with Crippen LogP contribution >= 0.6 is 11.8 Å². The third-order valence-electron chi connectivity index (χ3n) is 2.74. The molecule has 0 unspecified atom stereocenters. The van der Waals surface area contributed by atoms with Crippen LogP contribution in [-0.4, -0.2) is 19.9 Å². The maximum atomic E-state index is 11.7. The predicted octanol–water partition coefficient (Wildman–Crippen LogP) is 2.37. The Bertz CT molecular complexity index is 683. The molecule has 2 rings (SSSR count). The van der Waals surface area contributed by atoms with E-state index < -0.39 is 0 Å². The van der Waals surface area contributed by atoms with Gasteiger partial charge in [-0.1, -0.05) is 27.2 Å². The molecular weight excluding hydrogens is 286 g/mol. The first-order chi connectivity index (χ1) is 9.97. The van der Waals surface area contributed by atoms with Gasteiger partial charge in [0.15, 0.2) is 5.16 Å². The molecule has 6 nitrogen and oxygen atoms in total. The Morgan fingerprint density at radius 1 is 1.29 bits per heavy atom. The number of rotatable bonds is 5. The molecule has 0 aliphatic heterocycles. The first-order valence-electron chi connectivity index (χ1n) is 6.90. The zero-order valence-electron chi connectivity index (χ0n) is 12.4. The normalized spacial score (nSPS) is 11.0. The van der Waals surface area contributed by atoms with Gasteiger partial charge in [-0.15, -0.1) is 0 Å². The average Bonchev–Trinajstić information content (AvgIpc) is 2.37.